The van der Waals surface area contributed by atoms with Gasteiger partial charge < -0.3 is 10.2 Å². The molecule has 0 saturated heterocycles. The summed E-state index contributed by atoms with van der Waals surface area (Å²) >= 11 is 6.85. The Morgan fingerprint density at radius 3 is 2.05 bits per heavy atom. The van der Waals surface area contributed by atoms with Gasteiger partial charge in [0.25, 0.3) is 0 Å². The summed E-state index contributed by atoms with van der Waals surface area (Å²) in [5.74, 6) is 0. The number of rotatable bonds is 5. The van der Waals surface area contributed by atoms with E-state index in [1.165, 1.54) is 0 Å². The Hall–Kier alpha value is -0.680. The number of benzene rings is 2. The molecule has 2 aromatic rings. The standard InChI is InChI=1S/C16H16Br2O2/c17-14-6-4-13(5-7-14)16(10-19,11-20)9-12-2-1-3-15(18)8-12/h1-8,19-20H,9-11H2. The highest BCUT2D eigenvalue weighted by Gasteiger charge is 2.31. The quantitative estimate of drug-likeness (QED) is 0.805. The highest BCUT2D eigenvalue weighted by atomic mass is 79.9. The maximum absolute atomic E-state index is 9.85. The number of hydrogen-bond acceptors (Lipinski definition) is 2. The number of aliphatic hydroxyl groups excluding tert-OH is 2. The van der Waals surface area contributed by atoms with Crippen LogP contribution in [0.2, 0.25) is 0 Å². The lowest BCUT2D eigenvalue weighted by molar-refractivity contribution is 0.116. The number of halogens is 2. The summed E-state index contributed by atoms with van der Waals surface area (Å²) in [5.41, 5.74) is 1.35. The second kappa shape index (κ2) is 6.85. The average molecular weight is 400 g/mol. The second-order valence-corrected chi connectivity index (χ2v) is 6.74. The molecule has 2 N–H and O–H groups in total. The zero-order valence-electron chi connectivity index (χ0n) is 10.9. The third-order valence-electron chi connectivity index (χ3n) is 3.49. The van der Waals surface area contributed by atoms with Crippen molar-refractivity contribution in [1.82, 2.24) is 0 Å². The van der Waals surface area contributed by atoms with Crippen molar-refractivity contribution in [2.45, 2.75) is 11.8 Å². The molecule has 0 aliphatic carbocycles. The molecule has 0 bridgehead atoms. The lowest BCUT2D eigenvalue weighted by Crippen LogP contribution is -2.37. The van der Waals surface area contributed by atoms with Crippen LogP contribution in [-0.4, -0.2) is 23.4 Å². The van der Waals surface area contributed by atoms with E-state index in [2.05, 4.69) is 31.9 Å². The molecule has 0 saturated carbocycles. The minimum absolute atomic E-state index is 0.0996. The molecule has 0 unspecified atom stereocenters. The Bertz CT molecular complexity index is 563. The van der Waals surface area contributed by atoms with Gasteiger partial charge in [-0.3, -0.25) is 0 Å². The fourth-order valence-electron chi connectivity index (χ4n) is 2.29. The first-order valence-electron chi connectivity index (χ1n) is 6.32. The van der Waals surface area contributed by atoms with Crippen LogP contribution in [-0.2, 0) is 11.8 Å². The maximum Gasteiger partial charge on any atom is 0.0553 e. The van der Waals surface area contributed by atoms with Gasteiger partial charge in [-0.15, -0.1) is 0 Å². The van der Waals surface area contributed by atoms with Gasteiger partial charge in [-0.05, 0) is 41.8 Å². The van der Waals surface area contributed by atoms with Crippen molar-refractivity contribution in [1.29, 1.82) is 0 Å². The van der Waals surface area contributed by atoms with E-state index in [4.69, 9.17) is 0 Å². The van der Waals surface area contributed by atoms with E-state index in [1.807, 2.05) is 48.5 Å². The largest absolute Gasteiger partial charge is 0.395 e. The fourth-order valence-corrected chi connectivity index (χ4v) is 3.00. The lowest BCUT2D eigenvalue weighted by atomic mass is 9.77. The van der Waals surface area contributed by atoms with E-state index in [-0.39, 0.29) is 13.2 Å². The maximum atomic E-state index is 9.85. The molecular weight excluding hydrogens is 384 g/mol. The lowest BCUT2D eigenvalue weighted by Gasteiger charge is -2.30. The number of hydrogen-bond donors (Lipinski definition) is 2. The molecule has 0 heterocycles. The third kappa shape index (κ3) is 3.50. The van der Waals surface area contributed by atoms with Crippen molar-refractivity contribution in [3.63, 3.8) is 0 Å². The van der Waals surface area contributed by atoms with Crippen LogP contribution in [0.25, 0.3) is 0 Å². The summed E-state index contributed by atoms with van der Waals surface area (Å²) in [7, 11) is 0. The molecule has 0 spiro atoms. The van der Waals surface area contributed by atoms with Crippen molar-refractivity contribution >= 4 is 31.9 Å². The average Bonchev–Trinajstić information content (AvgIpc) is 2.46. The minimum Gasteiger partial charge on any atom is -0.395 e. The summed E-state index contributed by atoms with van der Waals surface area (Å²) in [4.78, 5) is 0. The van der Waals surface area contributed by atoms with Crippen molar-refractivity contribution < 1.29 is 10.2 Å². The van der Waals surface area contributed by atoms with Crippen molar-refractivity contribution in [2.24, 2.45) is 0 Å². The molecule has 20 heavy (non-hydrogen) atoms. The van der Waals surface area contributed by atoms with E-state index in [0.717, 1.165) is 20.1 Å². The first-order chi connectivity index (χ1) is 9.59. The van der Waals surface area contributed by atoms with Crippen LogP contribution in [0.15, 0.2) is 57.5 Å². The highest BCUT2D eigenvalue weighted by molar-refractivity contribution is 9.10. The van der Waals surface area contributed by atoms with Crippen LogP contribution in [0.5, 0.6) is 0 Å². The summed E-state index contributed by atoms with van der Waals surface area (Å²) < 4.78 is 1.98. The smallest absolute Gasteiger partial charge is 0.0553 e. The Kier molecular flexibility index (Phi) is 5.38. The van der Waals surface area contributed by atoms with E-state index in [0.29, 0.717) is 6.42 Å². The fraction of sp³-hybridized carbons (Fsp3) is 0.250. The zero-order chi connectivity index (χ0) is 14.6. The predicted octanol–water partition coefficient (Wildman–Crippen LogP) is 3.68. The van der Waals surface area contributed by atoms with Gasteiger partial charge in [0.2, 0.25) is 0 Å². The Labute approximate surface area is 135 Å². The van der Waals surface area contributed by atoms with Gasteiger partial charge in [0.15, 0.2) is 0 Å². The molecule has 4 heteroatoms. The molecule has 0 radical (unpaired) electrons. The highest BCUT2D eigenvalue weighted by Crippen LogP contribution is 2.30. The third-order valence-corrected chi connectivity index (χ3v) is 4.52. The summed E-state index contributed by atoms with van der Waals surface area (Å²) in [6.45, 7) is -0.199. The monoisotopic (exact) mass is 398 g/mol. The molecule has 2 aromatic carbocycles. The Morgan fingerprint density at radius 1 is 0.850 bits per heavy atom. The molecule has 0 aliphatic rings. The van der Waals surface area contributed by atoms with Gasteiger partial charge in [-0.2, -0.15) is 0 Å². The number of aliphatic hydroxyl groups is 2. The molecule has 2 nitrogen and oxygen atoms in total. The molecule has 0 aromatic heterocycles. The van der Waals surface area contributed by atoms with E-state index in [1.54, 1.807) is 0 Å². The van der Waals surface area contributed by atoms with Crippen LogP contribution < -0.4 is 0 Å². The van der Waals surface area contributed by atoms with E-state index >= 15 is 0 Å². The molecule has 0 aliphatic heterocycles. The van der Waals surface area contributed by atoms with Gasteiger partial charge in [0.05, 0.1) is 13.2 Å². The van der Waals surface area contributed by atoms with E-state index < -0.39 is 5.41 Å². The SMILES string of the molecule is OCC(CO)(Cc1cccc(Br)c1)c1ccc(Br)cc1. The van der Waals surface area contributed by atoms with Gasteiger partial charge in [-0.1, -0.05) is 56.1 Å². The normalized spacial score (nSPS) is 11.6. The molecule has 0 fully saturated rings. The minimum atomic E-state index is -0.665. The topological polar surface area (TPSA) is 40.5 Å². The summed E-state index contributed by atoms with van der Waals surface area (Å²) in [5, 5.41) is 19.7. The molecule has 0 atom stereocenters. The molecule has 106 valence electrons. The van der Waals surface area contributed by atoms with Crippen molar-refractivity contribution in [3.05, 3.63) is 68.6 Å². The Balaban J connectivity index is 2.36. The van der Waals surface area contributed by atoms with Crippen LogP contribution in [0.4, 0.5) is 0 Å². The molecule has 0 amide bonds. The van der Waals surface area contributed by atoms with Gasteiger partial charge in [-0.25, -0.2) is 0 Å². The summed E-state index contributed by atoms with van der Waals surface area (Å²) in [6, 6.07) is 15.7. The van der Waals surface area contributed by atoms with Crippen molar-refractivity contribution in [2.75, 3.05) is 13.2 Å². The van der Waals surface area contributed by atoms with Gasteiger partial charge >= 0.3 is 0 Å². The first-order valence-corrected chi connectivity index (χ1v) is 7.90. The van der Waals surface area contributed by atoms with Crippen molar-refractivity contribution in [3.8, 4) is 0 Å². The van der Waals surface area contributed by atoms with Crippen LogP contribution in [0.3, 0.4) is 0 Å². The second-order valence-electron chi connectivity index (χ2n) is 4.91. The predicted molar refractivity (Wildman–Crippen MR) is 87.8 cm³/mol. The first kappa shape index (κ1) is 15.7. The summed E-state index contributed by atoms with van der Waals surface area (Å²) in [6.07, 6.45) is 0.584. The van der Waals surface area contributed by atoms with Crippen LogP contribution in [0, 0.1) is 0 Å². The molecular formula is C16H16Br2O2. The van der Waals surface area contributed by atoms with Crippen LogP contribution in [0.1, 0.15) is 11.1 Å². The zero-order valence-corrected chi connectivity index (χ0v) is 14.1. The molecule has 2 rings (SSSR count). The Morgan fingerprint density at radius 2 is 1.50 bits per heavy atom. The van der Waals surface area contributed by atoms with Gasteiger partial charge in [0.1, 0.15) is 0 Å². The van der Waals surface area contributed by atoms with E-state index in [9.17, 15) is 10.2 Å². The van der Waals surface area contributed by atoms with Crippen LogP contribution >= 0.6 is 31.9 Å². The van der Waals surface area contributed by atoms with Gasteiger partial charge in [0, 0.05) is 14.4 Å².